The van der Waals surface area contributed by atoms with Crippen molar-refractivity contribution in [2.45, 2.75) is 82.7 Å². The number of aromatic hydroxyl groups is 1. The standard InChI is InChI=1S/C44H53N5O4/c50-36-11-14-38-32(26-36)7-12-37(30-3-1-2-4-30)42(38)31-5-8-34(9-6-31)47-19-17-29(18-20-47)27-46-21-23-48(24-22-46)35-10-13-39-33(25-35)28-49(44(39)53)40-15-16-41(51)45-43(40)52/h5-6,8-11,13-14,25-26,29-30,37,40,42,50H,1-4,7,12,15-24,27-28H2,(H,45,51,52)/t37-,40-,42+/m1/s1. The van der Waals surface area contributed by atoms with Crippen molar-refractivity contribution in [2.24, 2.45) is 17.8 Å². The lowest BCUT2D eigenvalue weighted by Crippen LogP contribution is -2.52. The highest BCUT2D eigenvalue weighted by molar-refractivity contribution is 6.05. The molecular formula is C44H53N5O4. The zero-order valence-corrected chi connectivity index (χ0v) is 30.8. The molecule has 3 amide bonds. The average molecular weight is 716 g/mol. The van der Waals surface area contributed by atoms with Gasteiger partial charge in [-0.05, 0) is 115 Å². The molecule has 9 rings (SSSR count). The van der Waals surface area contributed by atoms with Crippen molar-refractivity contribution in [1.82, 2.24) is 15.1 Å². The molecule has 3 atom stereocenters. The highest BCUT2D eigenvalue weighted by Crippen LogP contribution is 2.49. The number of imide groups is 1. The van der Waals surface area contributed by atoms with Crippen molar-refractivity contribution in [1.29, 1.82) is 0 Å². The lowest BCUT2D eigenvalue weighted by Gasteiger charge is -2.40. The number of nitrogens with zero attached hydrogens (tertiary/aromatic N) is 4. The van der Waals surface area contributed by atoms with Crippen molar-refractivity contribution < 1.29 is 19.5 Å². The number of nitrogens with one attached hydrogen (secondary N) is 1. The largest absolute Gasteiger partial charge is 0.508 e. The Balaban J connectivity index is 0.771. The molecule has 6 aliphatic rings. The first-order valence-electron chi connectivity index (χ1n) is 20.3. The number of carbonyl (C=O) groups is 3. The third-order valence-corrected chi connectivity index (χ3v) is 13.6. The fourth-order valence-electron chi connectivity index (χ4n) is 10.7. The molecule has 4 fully saturated rings. The van der Waals surface area contributed by atoms with Gasteiger partial charge in [-0.1, -0.05) is 43.9 Å². The zero-order valence-electron chi connectivity index (χ0n) is 30.8. The number of hydrogen-bond acceptors (Lipinski definition) is 7. The minimum Gasteiger partial charge on any atom is -0.508 e. The van der Waals surface area contributed by atoms with Gasteiger partial charge in [-0.3, -0.25) is 24.6 Å². The molecular weight excluding hydrogens is 663 g/mol. The molecule has 9 heteroatoms. The van der Waals surface area contributed by atoms with E-state index in [-0.39, 0.29) is 24.1 Å². The smallest absolute Gasteiger partial charge is 0.255 e. The van der Waals surface area contributed by atoms with Crippen LogP contribution < -0.4 is 15.1 Å². The molecule has 0 unspecified atom stereocenters. The Morgan fingerprint density at radius 1 is 0.698 bits per heavy atom. The Kier molecular flexibility index (Phi) is 9.39. The van der Waals surface area contributed by atoms with Crippen LogP contribution in [0.15, 0.2) is 60.7 Å². The second-order valence-corrected chi connectivity index (χ2v) is 16.7. The summed E-state index contributed by atoms with van der Waals surface area (Å²) in [6, 6.07) is 21.2. The summed E-state index contributed by atoms with van der Waals surface area (Å²) in [5.74, 6) is 2.28. The number of hydrogen-bond donors (Lipinski definition) is 2. The summed E-state index contributed by atoms with van der Waals surface area (Å²) in [7, 11) is 0. The lowest BCUT2D eigenvalue weighted by molar-refractivity contribution is -0.136. The number of aryl methyl sites for hydroxylation is 1. The molecule has 3 saturated heterocycles. The number of benzene rings is 3. The molecule has 278 valence electrons. The fourth-order valence-corrected chi connectivity index (χ4v) is 10.7. The molecule has 53 heavy (non-hydrogen) atoms. The Morgan fingerprint density at radius 2 is 1.43 bits per heavy atom. The topological polar surface area (TPSA) is 96.4 Å². The van der Waals surface area contributed by atoms with Crippen molar-refractivity contribution in [3.8, 4) is 5.75 Å². The summed E-state index contributed by atoms with van der Waals surface area (Å²) in [5, 5.41) is 12.6. The number of phenolic OH excluding ortho intramolecular Hbond substituents is 1. The fraction of sp³-hybridized carbons (Fsp3) is 0.523. The van der Waals surface area contributed by atoms with Crippen molar-refractivity contribution in [3.63, 3.8) is 0 Å². The van der Waals surface area contributed by atoms with E-state index in [9.17, 15) is 19.5 Å². The number of carbonyl (C=O) groups excluding carboxylic acids is 3. The first-order valence-corrected chi connectivity index (χ1v) is 20.3. The van der Waals surface area contributed by atoms with Crippen LogP contribution in [0.4, 0.5) is 11.4 Å². The molecule has 4 heterocycles. The molecule has 0 bridgehead atoms. The first-order chi connectivity index (χ1) is 25.9. The molecule has 3 aromatic rings. The monoisotopic (exact) mass is 715 g/mol. The van der Waals surface area contributed by atoms with Gasteiger partial charge in [0.25, 0.3) is 5.91 Å². The SMILES string of the molecule is O=C1CC[C@@H](N2Cc3cc(N4CCN(CC5CCN(c6ccc([C@@H]7c8ccc(O)cc8CC[C@@H]7C7CCCC7)cc6)CC5)CC4)ccc3C2=O)C(=O)N1. The van der Waals surface area contributed by atoms with Crippen LogP contribution in [0.25, 0.3) is 0 Å². The van der Waals surface area contributed by atoms with Crippen LogP contribution in [0.3, 0.4) is 0 Å². The molecule has 1 saturated carbocycles. The van der Waals surface area contributed by atoms with E-state index >= 15 is 0 Å². The van der Waals surface area contributed by atoms with Crippen LogP contribution in [0.2, 0.25) is 0 Å². The van der Waals surface area contributed by atoms with Gasteiger partial charge in [0.1, 0.15) is 11.8 Å². The van der Waals surface area contributed by atoms with Crippen LogP contribution in [0.1, 0.15) is 96.3 Å². The van der Waals surface area contributed by atoms with Crippen molar-refractivity contribution >= 4 is 29.1 Å². The predicted molar refractivity (Wildman–Crippen MR) is 206 cm³/mol. The highest BCUT2D eigenvalue weighted by atomic mass is 16.3. The van der Waals surface area contributed by atoms with E-state index in [0.717, 1.165) is 69.4 Å². The maximum atomic E-state index is 13.1. The third-order valence-electron chi connectivity index (χ3n) is 13.6. The second kappa shape index (κ2) is 14.5. The van der Waals surface area contributed by atoms with Crippen LogP contribution in [0.5, 0.6) is 5.75 Å². The minimum atomic E-state index is -0.580. The number of rotatable bonds is 7. The molecule has 0 spiro atoms. The van der Waals surface area contributed by atoms with Gasteiger partial charge < -0.3 is 19.8 Å². The molecule has 0 radical (unpaired) electrons. The predicted octanol–water partition coefficient (Wildman–Crippen LogP) is 6.08. The van der Waals surface area contributed by atoms with Crippen LogP contribution >= 0.6 is 0 Å². The summed E-state index contributed by atoms with van der Waals surface area (Å²) < 4.78 is 0. The van der Waals surface area contributed by atoms with Gasteiger partial charge in [-0.2, -0.15) is 0 Å². The summed E-state index contributed by atoms with van der Waals surface area (Å²) in [5.41, 5.74) is 8.33. The highest BCUT2D eigenvalue weighted by Gasteiger charge is 2.40. The lowest BCUT2D eigenvalue weighted by atomic mass is 9.66. The molecule has 4 aliphatic heterocycles. The quantitative estimate of drug-likeness (QED) is 0.287. The molecule has 9 nitrogen and oxygen atoms in total. The number of amides is 3. The number of fused-ring (bicyclic) bond motifs is 2. The van der Waals surface area contributed by atoms with Gasteiger partial charge in [0, 0.05) is 81.6 Å². The molecule has 2 N–H and O–H groups in total. The van der Waals surface area contributed by atoms with Crippen LogP contribution in [-0.4, -0.2) is 84.5 Å². The van der Waals surface area contributed by atoms with Gasteiger partial charge in [0.05, 0.1) is 0 Å². The summed E-state index contributed by atoms with van der Waals surface area (Å²) in [6.45, 7) is 7.76. The first kappa shape index (κ1) is 34.4. The minimum absolute atomic E-state index is 0.116. The van der Waals surface area contributed by atoms with E-state index in [4.69, 9.17) is 0 Å². The van der Waals surface area contributed by atoms with Gasteiger partial charge in [0.15, 0.2) is 0 Å². The van der Waals surface area contributed by atoms with E-state index in [2.05, 4.69) is 62.5 Å². The Bertz CT molecular complexity index is 1860. The van der Waals surface area contributed by atoms with E-state index in [0.29, 0.717) is 42.0 Å². The van der Waals surface area contributed by atoms with Gasteiger partial charge >= 0.3 is 0 Å². The van der Waals surface area contributed by atoms with Crippen LogP contribution in [0, 0.1) is 17.8 Å². The van der Waals surface area contributed by atoms with Gasteiger partial charge in [0.2, 0.25) is 11.8 Å². The Morgan fingerprint density at radius 3 is 2.19 bits per heavy atom. The maximum Gasteiger partial charge on any atom is 0.255 e. The van der Waals surface area contributed by atoms with Gasteiger partial charge in [-0.25, -0.2) is 0 Å². The van der Waals surface area contributed by atoms with Crippen molar-refractivity contribution in [2.75, 3.05) is 55.6 Å². The molecule has 0 aromatic heterocycles. The average Bonchev–Trinajstić information content (AvgIpc) is 3.83. The number of phenols is 1. The normalized spacial score (nSPS) is 25.8. The number of anilines is 2. The number of piperidine rings is 2. The van der Waals surface area contributed by atoms with E-state index in [1.54, 1.807) is 4.90 Å². The summed E-state index contributed by atoms with van der Waals surface area (Å²) in [4.78, 5) is 46.5. The maximum absolute atomic E-state index is 13.1. The van der Waals surface area contributed by atoms with Crippen LogP contribution in [-0.2, 0) is 22.6 Å². The Labute approximate surface area is 313 Å². The zero-order chi connectivity index (χ0) is 36.1. The molecule has 3 aromatic carbocycles. The van der Waals surface area contributed by atoms with E-state index in [1.165, 1.54) is 67.3 Å². The Hall–Kier alpha value is -4.37. The second-order valence-electron chi connectivity index (χ2n) is 16.7. The summed E-state index contributed by atoms with van der Waals surface area (Å²) >= 11 is 0. The van der Waals surface area contributed by atoms with E-state index < -0.39 is 6.04 Å². The van der Waals surface area contributed by atoms with Gasteiger partial charge in [-0.15, -0.1) is 0 Å². The summed E-state index contributed by atoms with van der Waals surface area (Å²) in [6.07, 6.45) is 10.9. The molecule has 2 aliphatic carbocycles. The number of piperazine rings is 1. The van der Waals surface area contributed by atoms with Crippen molar-refractivity contribution in [3.05, 3.63) is 88.5 Å². The third kappa shape index (κ3) is 6.82. The van der Waals surface area contributed by atoms with E-state index in [1.807, 2.05) is 18.2 Å².